The van der Waals surface area contributed by atoms with E-state index in [4.69, 9.17) is 0 Å². The Balaban J connectivity index is 1.34. The highest BCUT2D eigenvalue weighted by Gasteiger charge is 2.35. The number of carbonyl (C=O) groups excluding carboxylic acids is 1. The second kappa shape index (κ2) is 5.43. The number of amides is 1. The van der Waals surface area contributed by atoms with E-state index < -0.39 is 0 Å². The maximum atomic E-state index is 12.5. The molecule has 2 aliphatic heterocycles. The molecule has 112 valence electrons. The molecule has 0 radical (unpaired) electrons. The summed E-state index contributed by atoms with van der Waals surface area (Å²) in [5.74, 6) is 0.173. The van der Waals surface area contributed by atoms with E-state index in [2.05, 4.69) is 39.8 Å². The fraction of sp³-hybridized carbons (Fsp3) is 0.588. The topological polar surface area (TPSA) is 44.4 Å². The van der Waals surface area contributed by atoms with E-state index in [1.807, 2.05) is 0 Å². The van der Waals surface area contributed by atoms with Gasteiger partial charge >= 0.3 is 0 Å². The molecule has 1 aromatic rings. The summed E-state index contributed by atoms with van der Waals surface area (Å²) in [5, 5.41) is 6.62. The van der Waals surface area contributed by atoms with E-state index in [0.29, 0.717) is 6.04 Å². The fourth-order valence-electron chi connectivity index (χ4n) is 3.62. The number of nitrogens with zero attached hydrogens (tertiary/aromatic N) is 1. The average molecular weight is 285 g/mol. The van der Waals surface area contributed by atoms with Crippen LogP contribution in [-0.4, -0.2) is 42.0 Å². The predicted molar refractivity (Wildman–Crippen MR) is 81.9 cm³/mol. The van der Waals surface area contributed by atoms with Gasteiger partial charge in [0, 0.05) is 31.7 Å². The number of hydrogen-bond donors (Lipinski definition) is 2. The van der Waals surface area contributed by atoms with Gasteiger partial charge in [0.2, 0.25) is 5.91 Å². The minimum atomic E-state index is -0.0742. The quantitative estimate of drug-likeness (QED) is 0.872. The van der Waals surface area contributed by atoms with E-state index in [9.17, 15) is 4.79 Å². The van der Waals surface area contributed by atoms with Crippen LogP contribution in [0.5, 0.6) is 0 Å². The summed E-state index contributed by atoms with van der Waals surface area (Å²) in [7, 11) is 0. The zero-order valence-electron chi connectivity index (χ0n) is 12.3. The third-order valence-corrected chi connectivity index (χ3v) is 5.03. The van der Waals surface area contributed by atoms with Crippen molar-refractivity contribution in [2.75, 3.05) is 13.1 Å². The van der Waals surface area contributed by atoms with E-state index in [0.717, 1.165) is 38.5 Å². The first-order valence-corrected chi connectivity index (χ1v) is 8.14. The molecule has 1 saturated heterocycles. The predicted octanol–water partition coefficient (Wildman–Crippen LogP) is 1.05. The third kappa shape index (κ3) is 2.83. The van der Waals surface area contributed by atoms with Gasteiger partial charge in [-0.15, -0.1) is 0 Å². The standard InChI is InChI=1S/C17H23N3O/c21-17(19-14-7-8-20(11-14)15-5-6-15)16-9-12-3-1-2-4-13(12)10-18-16/h1-4,14-16,18H,5-11H2,(H,19,21). The second-order valence-electron chi connectivity index (χ2n) is 6.63. The van der Waals surface area contributed by atoms with E-state index in [1.165, 1.54) is 24.0 Å². The van der Waals surface area contributed by atoms with Gasteiger partial charge in [-0.05, 0) is 36.8 Å². The monoisotopic (exact) mass is 285 g/mol. The zero-order chi connectivity index (χ0) is 14.2. The van der Waals surface area contributed by atoms with Crippen LogP contribution in [0.25, 0.3) is 0 Å². The molecule has 2 N–H and O–H groups in total. The molecular formula is C17H23N3O. The van der Waals surface area contributed by atoms with Crippen LogP contribution < -0.4 is 10.6 Å². The zero-order valence-corrected chi connectivity index (χ0v) is 12.3. The second-order valence-corrected chi connectivity index (χ2v) is 6.63. The van der Waals surface area contributed by atoms with Gasteiger partial charge < -0.3 is 10.6 Å². The Morgan fingerprint density at radius 3 is 2.81 bits per heavy atom. The number of hydrogen-bond acceptors (Lipinski definition) is 3. The molecule has 3 aliphatic rings. The van der Waals surface area contributed by atoms with E-state index >= 15 is 0 Å². The van der Waals surface area contributed by atoms with Crippen molar-refractivity contribution >= 4 is 5.91 Å². The first-order chi connectivity index (χ1) is 10.3. The van der Waals surface area contributed by atoms with Crippen LogP contribution >= 0.6 is 0 Å². The van der Waals surface area contributed by atoms with Crippen molar-refractivity contribution in [3.05, 3.63) is 35.4 Å². The highest BCUT2D eigenvalue weighted by Crippen LogP contribution is 2.29. The molecule has 4 rings (SSSR count). The van der Waals surface area contributed by atoms with Gasteiger partial charge in [0.15, 0.2) is 0 Å². The Kier molecular flexibility index (Phi) is 3.43. The molecular weight excluding hydrogens is 262 g/mol. The molecule has 4 heteroatoms. The molecule has 2 atom stereocenters. The van der Waals surface area contributed by atoms with Crippen molar-refractivity contribution in [1.82, 2.24) is 15.5 Å². The summed E-state index contributed by atoms with van der Waals surface area (Å²) in [6.07, 6.45) is 4.61. The first kappa shape index (κ1) is 13.3. The number of rotatable bonds is 3. The van der Waals surface area contributed by atoms with Gasteiger partial charge in [-0.2, -0.15) is 0 Å². The molecule has 0 bridgehead atoms. The van der Waals surface area contributed by atoms with Crippen molar-refractivity contribution in [1.29, 1.82) is 0 Å². The number of fused-ring (bicyclic) bond motifs is 1. The van der Waals surface area contributed by atoms with Gasteiger partial charge in [0.25, 0.3) is 0 Å². The summed E-state index contributed by atoms with van der Waals surface area (Å²) in [6, 6.07) is 9.48. The Morgan fingerprint density at radius 1 is 1.19 bits per heavy atom. The molecule has 1 amide bonds. The lowest BCUT2D eigenvalue weighted by molar-refractivity contribution is -0.124. The van der Waals surface area contributed by atoms with Crippen molar-refractivity contribution in [3.63, 3.8) is 0 Å². The lowest BCUT2D eigenvalue weighted by Gasteiger charge is -2.26. The summed E-state index contributed by atoms with van der Waals surface area (Å²) < 4.78 is 0. The highest BCUT2D eigenvalue weighted by atomic mass is 16.2. The molecule has 0 aromatic heterocycles. The van der Waals surface area contributed by atoms with Crippen LogP contribution in [-0.2, 0) is 17.8 Å². The lowest BCUT2D eigenvalue weighted by atomic mass is 9.95. The van der Waals surface area contributed by atoms with Crippen LogP contribution in [0, 0.1) is 0 Å². The van der Waals surface area contributed by atoms with Gasteiger partial charge in [0.1, 0.15) is 0 Å². The normalized spacial score (nSPS) is 29.1. The first-order valence-electron chi connectivity index (χ1n) is 8.14. The highest BCUT2D eigenvalue weighted by molar-refractivity contribution is 5.82. The van der Waals surface area contributed by atoms with Gasteiger partial charge in [-0.3, -0.25) is 9.69 Å². The number of carbonyl (C=O) groups is 1. The molecule has 4 nitrogen and oxygen atoms in total. The summed E-state index contributed by atoms with van der Waals surface area (Å²) >= 11 is 0. The number of nitrogens with one attached hydrogen (secondary N) is 2. The SMILES string of the molecule is O=C(NC1CCN(C2CC2)C1)C1Cc2ccccc2CN1. The maximum Gasteiger partial charge on any atom is 0.237 e. The minimum Gasteiger partial charge on any atom is -0.351 e. The molecule has 1 aliphatic carbocycles. The smallest absolute Gasteiger partial charge is 0.237 e. The van der Waals surface area contributed by atoms with E-state index in [1.54, 1.807) is 0 Å². The van der Waals surface area contributed by atoms with Crippen molar-refractivity contribution in [3.8, 4) is 0 Å². The van der Waals surface area contributed by atoms with Gasteiger partial charge in [-0.25, -0.2) is 0 Å². The summed E-state index contributed by atoms with van der Waals surface area (Å²) in [4.78, 5) is 15.0. The van der Waals surface area contributed by atoms with Crippen molar-refractivity contribution < 1.29 is 4.79 Å². The van der Waals surface area contributed by atoms with E-state index in [-0.39, 0.29) is 11.9 Å². The maximum absolute atomic E-state index is 12.5. The Labute approximate surface area is 125 Å². The Hall–Kier alpha value is -1.39. The van der Waals surface area contributed by atoms with Gasteiger partial charge in [0.05, 0.1) is 6.04 Å². The molecule has 21 heavy (non-hydrogen) atoms. The molecule has 1 saturated carbocycles. The average Bonchev–Trinajstić information content (AvgIpc) is 3.27. The number of likely N-dealkylation sites (tertiary alicyclic amines) is 1. The Morgan fingerprint density at radius 2 is 2.00 bits per heavy atom. The lowest BCUT2D eigenvalue weighted by Crippen LogP contribution is -2.51. The molecule has 2 unspecified atom stereocenters. The Bertz CT molecular complexity index is 541. The van der Waals surface area contributed by atoms with Crippen LogP contribution in [0.4, 0.5) is 0 Å². The molecule has 2 fully saturated rings. The molecule has 1 aromatic carbocycles. The summed E-state index contributed by atoms with van der Waals surface area (Å²) in [5.41, 5.74) is 2.63. The summed E-state index contributed by atoms with van der Waals surface area (Å²) in [6.45, 7) is 2.99. The van der Waals surface area contributed by atoms with Crippen LogP contribution in [0.1, 0.15) is 30.4 Å². The largest absolute Gasteiger partial charge is 0.351 e. The van der Waals surface area contributed by atoms with Crippen LogP contribution in [0.3, 0.4) is 0 Å². The van der Waals surface area contributed by atoms with Crippen molar-refractivity contribution in [2.45, 2.75) is 50.4 Å². The van der Waals surface area contributed by atoms with Crippen molar-refractivity contribution in [2.24, 2.45) is 0 Å². The minimum absolute atomic E-state index is 0.0742. The fourth-order valence-corrected chi connectivity index (χ4v) is 3.62. The number of benzene rings is 1. The van der Waals surface area contributed by atoms with Gasteiger partial charge in [-0.1, -0.05) is 24.3 Å². The molecule has 0 spiro atoms. The van der Waals surface area contributed by atoms with Crippen LogP contribution in [0.15, 0.2) is 24.3 Å². The third-order valence-electron chi connectivity index (χ3n) is 5.03. The van der Waals surface area contributed by atoms with Crippen LogP contribution in [0.2, 0.25) is 0 Å². The molecule has 2 heterocycles.